The van der Waals surface area contributed by atoms with E-state index >= 15 is 0 Å². The number of carboxylic acids is 1. The molecule has 4 heteroatoms. The summed E-state index contributed by atoms with van der Waals surface area (Å²) >= 11 is 3.38. The highest BCUT2D eigenvalue weighted by Gasteiger charge is 2.38. The van der Waals surface area contributed by atoms with Crippen LogP contribution in [0, 0.1) is 0 Å². The Labute approximate surface area is 96.2 Å². The van der Waals surface area contributed by atoms with E-state index in [-0.39, 0.29) is 0 Å². The molecule has 1 aliphatic heterocycles. The molecule has 1 N–H and O–H groups in total. The maximum Gasteiger partial charge on any atom is 0.347 e. The maximum absolute atomic E-state index is 11.0. The summed E-state index contributed by atoms with van der Waals surface area (Å²) in [6.45, 7) is 1.61. The molecule has 0 bridgehead atoms. The van der Waals surface area contributed by atoms with Gasteiger partial charge in [-0.1, -0.05) is 15.9 Å². The van der Waals surface area contributed by atoms with Gasteiger partial charge >= 0.3 is 5.97 Å². The van der Waals surface area contributed by atoms with E-state index in [4.69, 9.17) is 9.84 Å². The van der Waals surface area contributed by atoms with Crippen molar-refractivity contribution in [3.8, 4) is 5.75 Å². The molecule has 1 aromatic carbocycles. The van der Waals surface area contributed by atoms with Crippen LogP contribution in [-0.4, -0.2) is 16.7 Å². The van der Waals surface area contributed by atoms with E-state index in [1.165, 1.54) is 0 Å². The fourth-order valence-electron chi connectivity index (χ4n) is 1.66. The number of aliphatic carboxylic acids is 1. The lowest BCUT2D eigenvalue weighted by Gasteiger charge is -2.32. The Hall–Kier alpha value is -1.03. The summed E-state index contributed by atoms with van der Waals surface area (Å²) in [6, 6.07) is 5.63. The molecule has 1 heterocycles. The van der Waals surface area contributed by atoms with Crippen LogP contribution < -0.4 is 4.74 Å². The lowest BCUT2D eigenvalue weighted by atomic mass is 9.93. The first kappa shape index (κ1) is 10.5. The van der Waals surface area contributed by atoms with Gasteiger partial charge in [-0.05, 0) is 37.1 Å². The molecule has 0 fully saturated rings. The summed E-state index contributed by atoms with van der Waals surface area (Å²) in [6.07, 6.45) is 1.24. The van der Waals surface area contributed by atoms with Gasteiger partial charge in [0.05, 0.1) is 0 Å². The summed E-state index contributed by atoms with van der Waals surface area (Å²) in [7, 11) is 0. The Kier molecular flexibility index (Phi) is 2.46. The zero-order valence-electron chi connectivity index (χ0n) is 8.29. The predicted molar refractivity (Wildman–Crippen MR) is 59.1 cm³/mol. The molecule has 1 atom stereocenters. The molecule has 0 saturated carbocycles. The van der Waals surface area contributed by atoms with Crippen molar-refractivity contribution in [1.82, 2.24) is 0 Å². The Morgan fingerprint density at radius 2 is 2.33 bits per heavy atom. The lowest BCUT2D eigenvalue weighted by Crippen LogP contribution is -2.44. The number of carboxylic acid groups (broad SMARTS) is 1. The molecule has 0 radical (unpaired) electrons. The lowest BCUT2D eigenvalue weighted by molar-refractivity contribution is -0.155. The molecule has 3 nitrogen and oxygen atoms in total. The minimum Gasteiger partial charge on any atom is -0.478 e. The Morgan fingerprint density at radius 1 is 1.60 bits per heavy atom. The van der Waals surface area contributed by atoms with E-state index in [0.717, 1.165) is 16.5 Å². The molecule has 0 saturated heterocycles. The van der Waals surface area contributed by atoms with Crippen molar-refractivity contribution >= 4 is 21.9 Å². The molecule has 1 aliphatic rings. The topological polar surface area (TPSA) is 46.5 Å². The maximum atomic E-state index is 11.0. The van der Waals surface area contributed by atoms with E-state index in [0.29, 0.717) is 12.2 Å². The zero-order valence-corrected chi connectivity index (χ0v) is 9.87. The predicted octanol–water partition coefficient (Wildman–Crippen LogP) is 2.62. The average molecular weight is 271 g/mol. The van der Waals surface area contributed by atoms with Crippen molar-refractivity contribution in [1.29, 1.82) is 0 Å². The molecule has 1 unspecified atom stereocenters. The van der Waals surface area contributed by atoms with Crippen LogP contribution >= 0.6 is 15.9 Å². The van der Waals surface area contributed by atoms with E-state index in [9.17, 15) is 4.79 Å². The number of ether oxygens (including phenoxy) is 1. The summed E-state index contributed by atoms with van der Waals surface area (Å²) in [5, 5.41) is 9.04. The highest BCUT2D eigenvalue weighted by atomic mass is 79.9. The van der Waals surface area contributed by atoms with Gasteiger partial charge in [0, 0.05) is 10.9 Å². The second-order valence-electron chi connectivity index (χ2n) is 3.89. The van der Waals surface area contributed by atoms with Gasteiger partial charge in [0.25, 0.3) is 0 Å². The van der Waals surface area contributed by atoms with Crippen LogP contribution in [0.4, 0.5) is 0 Å². The molecule has 0 aromatic heterocycles. The summed E-state index contributed by atoms with van der Waals surface area (Å²) in [5.41, 5.74) is -0.0241. The average Bonchev–Trinajstić information content (AvgIpc) is 2.18. The Morgan fingerprint density at radius 3 is 3.00 bits per heavy atom. The van der Waals surface area contributed by atoms with E-state index < -0.39 is 11.6 Å². The van der Waals surface area contributed by atoms with Crippen molar-refractivity contribution in [2.75, 3.05) is 0 Å². The monoisotopic (exact) mass is 270 g/mol. The normalized spacial score (nSPS) is 24.1. The second-order valence-corrected chi connectivity index (χ2v) is 4.81. The highest BCUT2D eigenvalue weighted by Crippen LogP contribution is 2.34. The van der Waals surface area contributed by atoms with Gasteiger partial charge in [0.15, 0.2) is 0 Å². The fourth-order valence-corrected chi connectivity index (χ4v) is 2.07. The number of rotatable bonds is 1. The van der Waals surface area contributed by atoms with Crippen LogP contribution in [0.1, 0.15) is 18.9 Å². The van der Waals surface area contributed by atoms with Gasteiger partial charge < -0.3 is 9.84 Å². The minimum absolute atomic E-state index is 0.506. The summed E-state index contributed by atoms with van der Waals surface area (Å²) in [4.78, 5) is 11.0. The number of hydrogen-bond donors (Lipinski definition) is 1. The molecule has 15 heavy (non-hydrogen) atoms. The molecule has 0 spiro atoms. The van der Waals surface area contributed by atoms with Gasteiger partial charge in [0.2, 0.25) is 5.60 Å². The van der Waals surface area contributed by atoms with Crippen LogP contribution in [0.3, 0.4) is 0 Å². The molecular weight excluding hydrogens is 260 g/mol. The van der Waals surface area contributed by atoms with Crippen LogP contribution in [0.2, 0.25) is 0 Å². The van der Waals surface area contributed by atoms with Crippen molar-refractivity contribution in [3.05, 3.63) is 28.2 Å². The second kappa shape index (κ2) is 3.52. The largest absolute Gasteiger partial charge is 0.478 e. The third-order valence-electron chi connectivity index (χ3n) is 2.68. The first-order valence-electron chi connectivity index (χ1n) is 4.72. The van der Waals surface area contributed by atoms with Gasteiger partial charge in [-0.3, -0.25) is 0 Å². The van der Waals surface area contributed by atoms with Crippen LogP contribution in [-0.2, 0) is 11.2 Å². The quantitative estimate of drug-likeness (QED) is 0.854. The first-order valence-corrected chi connectivity index (χ1v) is 5.51. The smallest absolute Gasteiger partial charge is 0.347 e. The zero-order chi connectivity index (χ0) is 11.1. The van der Waals surface area contributed by atoms with Crippen LogP contribution in [0.5, 0.6) is 5.75 Å². The number of hydrogen-bond acceptors (Lipinski definition) is 2. The third-order valence-corrected chi connectivity index (χ3v) is 3.17. The van der Waals surface area contributed by atoms with E-state index in [1.807, 2.05) is 12.1 Å². The number of aryl methyl sites for hydroxylation is 1. The standard InChI is InChI=1S/C11H11BrO3/c1-11(10(13)14)5-4-7-6-8(12)2-3-9(7)15-11/h2-3,6H,4-5H2,1H3,(H,13,14). The molecule has 0 aliphatic carbocycles. The van der Waals surface area contributed by atoms with Gasteiger partial charge in [0.1, 0.15) is 5.75 Å². The fraction of sp³-hybridized carbons (Fsp3) is 0.364. The van der Waals surface area contributed by atoms with Gasteiger partial charge in [-0.2, -0.15) is 0 Å². The Balaban J connectivity index is 2.35. The summed E-state index contributed by atoms with van der Waals surface area (Å²) < 4.78 is 6.51. The molecule has 1 aromatic rings. The Bertz CT molecular complexity index is 416. The van der Waals surface area contributed by atoms with Gasteiger partial charge in [-0.15, -0.1) is 0 Å². The third kappa shape index (κ3) is 1.86. The van der Waals surface area contributed by atoms with Crippen molar-refractivity contribution in [2.45, 2.75) is 25.4 Å². The van der Waals surface area contributed by atoms with Gasteiger partial charge in [-0.25, -0.2) is 4.79 Å². The molecular formula is C11H11BrO3. The van der Waals surface area contributed by atoms with Crippen LogP contribution in [0.25, 0.3) is 0 Å². The minimum atomic E-state index is -1.08. The van der Waals surface area contributed by atoms with Crippen molar-refractivity contribution in [2.24, 2.45) is 0 Å². The van der Waals surface area contributed by atoms with Crippen molar-refractivity contribution < 1.29 is 14.6 Å². The molecule has 80 valence electrons. The van der Waals surface area contributed by atoms with Crippen LogP contribution in [0.15, 0.2) is 22.7 Å². The molecule has 2 rings (SSSR count). The van der Waals surface area contributed by atoms with Crippen molar-refractivity contribution in [3.63, 3.8) is 0 Å². The number of fused-ring (bicyclic) bond motifs is 1. The first-order chi connectivity index (χ1) is 7.01. The highest BCUT2D eigenvalue weighted by molar-refractivity contribution is 9.10. The van der Waals surface area contributed by atoms with E-state index in [2.05, 4.69) is 15.9 Å². The number of benzene rings is 1. The summed E-state index contributed by atoms with van der Waals surface area (Å²) in [5.74, 6) is -0.231. The van der Waals surface area contributed by atoms with E-state index in [1.54, 1.807) is 13.0 Å². The SMILES string of the molecule is CC1(C(=O)O)CCc2cc(Br)ccc2O1. The number of halogens is 1. The number of carbonyl (C=O) groups is 1. The molecule has 0 amide bonds.